The van der Waals surface area contributed by atoms with Crippen molar-refractivity contribution in [3.63, 3.8) is 0 Å². The zero-order valence-corrected chi connectivity index (χ0v) is 13.4. The van der Waals surface area contributed by atoms with E-state index in [-0.39, 0.29) is 17.2 Å². The summed E-state index contributed by atoms with van der Waals surface area (Å²) in [7, 11) is 0. The van der Waals surface area contributed by atoms with Gasteiger partial charge in [-0.25, -0.2) is 0 Å². The Kier molecular flexibility index (Phi) is 3.51. The van der Waals surface area contributed by atoms with Gasteiger partial charge in [0.15, 0.2) is 0 Å². The normalized spacial score (nSPS) is 21.8. The zero-order valence-electron chi connectivity index (χ0n) is 9.05. The molecular formula is C13H11I2N2-. The minimum atomic E-state index is 0.0436. The number of amidine groups is 1. The van der Waals surface area contributed by atoms with Crippen molar-refractivity contribution in [1.29, 1.82) is 0 Å². The molecule has 2 nitrogen and oxygen atoms in total. The number of hydrogen-bond donors (Lipinski definition) is 0. The van der Waals surface area contributed by atoms with Gasteiger partial charge >= 0.3 is 122 Å². The van der Waals surface area contributed by atoms with Gasteiger partial charge in [0.1, 0.15) is 0 Å². The SMILES string of the molecule is I[I-]C1N=C2C=CC=CN2Cc2ccccc21. The van der Waals surface area contributed by atoms with Gasteiger partial charge in [-0.2, -0.15) is 0 Å². The van der Waals surface area contributed by atoms with E-state index in [0.717, 1.165) is 12.4 Å². The summed E-state index contributed by atoms with van der Waals surface area (Å²) in [6, 6.07) is 8.70. The van der Waals surface area contributed by atoms with Crippen molar-refractivity contribution in [3.8, 4) is 0 Å². The average Bonchev–Trinajstić information content (AvgIpc) is 2.54. The van der Waals surface area contributed by atoms with Crippen LogP contribution in [0.3, 0.4) is 0 Å². The second-order valence-corrected chi connectivity index (χ2v) is 8.74. The maximum absolute atomic E-state index is 4.90. The summed E-state index contributed by atoms with van der Waals surface area (Å²) in [5.74, 6) is 1.10. The van der Waals surface area contributed by atoms with Crippen molar-refractivity contribution in [2.45, 2.75) is 10.6 Å². The molecule has 0 aliphatic carbocycles. The molecule has 4 heteroatoms. The van der Waals surface area contributed by atoms with E-state index in [2.05, 4.69) is 72.2 Å². The van der Waals surface area contributed by atoms with Crippen molar-refractivity contribution < 1.29 is 17.2 Å². The number of nitrogens with zero attached hydrogens (tertiary/aromatic N) is 2. The van der Waals surface area contributed by atoms with Crippen LogP contribution in [0.4, 0.5) is 0 Å². The predicted molar refractivity (Wildman–Crippen MR) is 74.5 cm³/mol. The van der Waals surface area contributed by atoms with E-state index < -0.39 is 0 Å². The van der Waals surface area contributed by atoms with Gasteiger partial charge in [-0.1, -0.05) is 0 Å². The molecule has 2 aliphatic rings. The van der Waals surface area contributed by atoms with Crippen LogP contribution in [0.2, 0.25) is 0 Å². The molecule has 1 aromatic carbocycles. The third-order valence-corrected chi connectivity index (χ3v) is 7.28. The third kappa shape index (κ3) is 2.29. The number of alkyl halides is 1. The summed E-state index contributed by atoms with van der Waals surface area (Å²) in [4.78, 5) is 7.13. The molecule has 0 spiro atoms. The molecule has 3 rings (SSSR count). The molecule has 88 valence electrons. The first kappa shape index (κ1) is 11.7. The number of allylic oxidation sites excluding steroid dienone is 2. The minimum absolute atomic E-state index is 0.0436. The van der Waals surface area contributed by atoms with Crippen LogP contribution in [0, 0.1) is 0 Å². The van der Waals surface area contributed by atoms with Crippen LogP contribution < -0.4 is 17.2 Å². The second kappa shape index (κ2) is 5.09. The van der Waals surface area contributed by atoms with Gasteiger partial charge in [0.25, 0.3) is 0 Å². The van der Waals surface area contributed by atoms with Crippen LogP contribution >= 0.6 is 18.6 Å². The number of fused-ring (bicyclic) bond motifs is 2. The van der Waals surface area contributed by atoms with E-state index in [1.807, 2.05) is 0 Å². The molecule has 0 N–H and O–H groups in total. The molecule has 1 aromatic rings. The third-order valence-electron chi connectivity index (χ3n) is 2.89. The van der Waals surface area contributed by atoms with Crippen molar-refractivity contribution in [2.24, 2.45) is 4.99 Å². The molecular weight excluding hydrogens is 438 g/mol. The first-order valence-electron chi connectivity index (χ1n) is 5.40. The summed E-state index contributed by atoms with van der Waals surface area (Å²) >= 11 is 2.57. The topological polar surface area (TPSA) is 15.6 Å². The van der Waals surface area contributed by atoms with Crippen LogP contribution in [0.15, 0.2) is 53.7 Å². The number of hydrogen-bond acceptors (Lipinski definition) is 2. The van der Waals surface area contributed by atoms with E-state index >= 15 is 0 Å². The molecule has 2 aliphatic heterocycles. The van der Waals surface area contributed by atoms with Crippen LogP contribution in [-0.2, 0) is 6.54 Å². The van der Waals surface area contributed by atoms with E-state index in [9.17, 15) is 0 Å². The first-order chi connectivity index (χ1) is 8.38. The first-order valence-corrected chi connectivity index (χ1v) is 12.9. The Morgan fingerprint density at radius 3 is 3.06 bits per heavy atom. The summed E-state index contributed by atoms with van der Waals surface area (Å²) < 4.78 is 0.391. The molecule has 2 heterocycles. The standard InChI is InChI=1S/C13H11I2N2/c14-15-13-11-6-2-1-5-10(11)9-17-8-4-3-7-12(17)16-13/h1-8,13H,9H2/q-1. The van der Waals surface area contributed by atoms with E-state index in [1.54, 1.807) is 0 Å². The Balaban J connectivity index is 2.10. The quantitative estimate of drug-likeness (QED) is 0.345. The fraction of sp³-hybridized carbons (Fsp3) is 0.154. The fourth-order valence-electron chi connectivity index (χ4n) is 2.06. The number of halogens is 2. The van der Waals surface area contributed by atoms with Gasteiger partial charge in [-0.15, -0.1) is 0 Å². The molecule has 0 fully saturated rings. The summed E-state index contributed by atoms with van der Waals surface area (Å²) in [5, 5.41) is 0. The van der Waals surface area contributed by atoms with Crippen LogP contribution in [-0.4, -0.2) is 10.7 Å². The number of aliphatic imine (C=N–C) groups is 1. The van der Waals surface area contributed by atoms with Crippen molar-refractivity contribution >= 4 is 24.5 Å². The zero-order chi connectivity index (χ0) is 11.7. The fourth-order valence-corrected chi connectivity index (χ4v) is 5.72. The molecule has 0 saturated carbocycles. The molecule has 0 saturated heterocycles. The molecule has 0 bridgehead atoms. The average molecular weight is 449 g/mol. The van der Waals surface area contributed by atoms with E-state index in [4.69, 9.17) is 4.99 Å². The summed E-state index contributed by atoms with van der Waals surface area (Å²) in [6.45, 7) is 0.937. The van der Waals surface area contributed by atoms with Gasteiger partial charge in [0.2, 0.25) is 0 Å². The molecule has 0 aromatic heterocycles. The monoisotopic (exact) mass is 449 g/mol. The predicted octanol–water partition coefficient (Wildman–Crippen LogP) is 0.422. The van der Waals surface area contributed by atoms with E-state index in [0.29, 0.717) is 4.05 Å². The van der Waals surface area contributed by atoms with E-state index in [1.165, 1.54) is 11.1 Å². The molecule has 0 amide bonds. The molecule has 1 atom stereocenters. The van der Waals surface area contributed by atoms with Gasteiger partial charge in [0, 0.05) is 0 Å². The Bertz CT molecular complexity index is 520. The Morgan fingerprint density at radius 2 is 2.18 bits per heavy atom. The summed E-state index contributed by atoms with van der Waals surface area (Å²) in [5.41, 5.74) is 2.82. The van der Waals surface area contributed by atoms with Gasteiger partial charge in [0.05, 0.1) is 0 Å². The summed E-state index contributed by atoms with van der Waals surface area (Å²) in [6.07, 6.45) is 8.35. The Morgan fingerprint density at radius 1 is 1.29 bits per heavy atom. The molecule has 1 unspecified atom stereocenters. The Labute approximate surface area is 121 Å². The number of rotatable bonds is 1. The van der Waals surface area contributed by atoms with Crippen LogP contribution in [0.5, 0.6) is 0 Å². The molecule has 0 radical (unpaired) electrons. The maximum atomic E-state index is 4.90. The second-order valence-electron chi connectivity index (χ2n) is 3.93. The van der Waals surface area contributed by atoms with Crippen LogP contribution in [0.25, 0.3) is 0 Å². The van der Waals surface area contributed by atoms with Gasteiger partial charge in [-0.3, -0.25) is 0 Å². The van der Waals surface area contributed by atoms with Gasteiger partial charge in [-0.05, 0) is 0 Å². The molecule has 17 heavy (non-hydrogen) atoms. The van der Waals surface area contributed by atoms with Crippen LogP contribution in [0.1, 0.15) is 15.2 Å². The number of benzene rings is 1. The van der Waals surface area contributed by atoms with Crippen molar-refractivity contribution in [2.75, 3.05) is 0 Å². The Hall–Kier alpha value is -0.370. The van der Waals surface area contributed by atoms with Crippen molar-refractivity contribution in [3.05, 3.63) is 59.8 Å². The van der Waals surface area contributed by atoms with Crippen molar-refractivity contribution in [1.82, 2.24) is 4.90 Å². The van der Waals surface area contributed by atoms with Gasteiger partial charge < -0.3 is 0 Å².